The summed E-state index contributed by atoms with van der Waals surface area (Å²) in [7, 11) is 1.58. The van der Waals surface area contributed by atoms with Crippen LogP contribution in [0.4, 0.5) is 0 Å². The van der Waals surface area contributed by atoms with Gasteiger partial charge in [0.1, 0.15) is 11.3 Å². The lowest BCUT2D eigenvalue weighted by molar-refractivity contribution is -0.145. The van der Waals surface area contributed by atoms with E-state index < -0.39 is 17.6 Å². The SMILES string of the molecule is COc1ccc2ncc(Cl)c(C(O)CNC3(C(=O)O)CCCN(C4CC(c5ccccc5)C4)CC3)c2c1. The van der Waals surface area contributed by atoms with Crippen molar-refractivity contribution >= 4 is 28.5 Å². The average Bonchev–Trinajstić information content (AvgIpc) is 3.10. The molecule has 0 amide bonds. The Morgan fingerprint density at radius 2 is 2.00 bits per heavy atom. The number of aliphatic hydroxyl groups is 1. The molecule has 2 atom stereocenters. The molecule has 37 heavy (non-hydrogen) atoms. The van der Waals surface area contributed by atoms with E-state index in [2.05, 4.69) is 39.5 Å². The smallest absolute Gasteiger partial charge is 0.323 e. The largest absolute Gasteiger partial charge is 0.497 e. The van der Waals surface area contributed by atoms with Crippen LogP contribution in [0.3, 0.4) is 0 Å². The molecule has 0 spiro atoms. The van der Waals surface area contributed by atoms with Gasteiger partial charge in [-0.05, 0) is 68.3 Å². The number of halogens is 1. The van der Waals surface area contributed by atoms with E-state index in [-0.39, 0.29) is 6.54 Å². The quantitative estimate of drug-likeness (QED) is 0.391. The van der Waals surface area contributed by atoms with Crippen LogP contribution in [0, 0.1) is 0 Å². The van der Waals surface area contributed by atoms with E-state index in [4.69, 9.17) is 16.3 Å². The third-order valence-corrected chi connectivity index (χ3v) is 8.52. The zero-order valence-corrected chi connectivity index (χ0v) is 21.8. The number of rotatable bonds is 8. The van der Waals surface area contributed by atoms with Gasteiger partial charge in [0.25, 0.3) is 0 Å². The molecule has 1 aliphatic heterocycles. The summed E-state index contributed by atoms with van der Waals surface area (Å²) >= 11 is 6.46. The number of aliphatic hydroxyl groups excluding tert-OH is 1. The Balaban J connectivity index is 1.26. The molecule has 196 valence electrons. The molecule has 1 aliphatic carbocycles. The first-order valence-corrected chi connectivity index (χ1v) is 13.4. The zero-order chi connectivity index (χ0) is 26.0. The number of hydrogen-bond donors (Lipinski definition) is 3. The minimum atomic E-state index is -1.09. The predicted molar refractivity (Wildman–Crippen MR) is 144 cm³/mol. The number of fused-ring (bicyclic) bond motifs is 1. The molecule has 7 nitrogen and oxygen atoms in total. The van der Waals surface area contributed by atoms with E-state index in [1.165, 1.54) is 11.8 Å². The number of methoxy groups -OCH3 is 1. The highest BCUT2D eigenvalue weighted by molar-refractivity contribution is 6.32. The van der Waals surface area contributed by atoms with Crippen molar-refractivity contribution in [1.82, 2.24) is 15.2 Å². The van der Waals surface area contributed by atoms with Crippen molar-refractivity contribution in [3.05, 3.63) is 70.9 Å². The highest BCUT2D eigenvalue weighted by Crippen LogP contribution is 2.41. The summed E-state index contributed by atoms with van der Waals surface area (Å²) in [6, 6.07) is 16.5. The number of nitrogens with zero attached hydrogens (tertiary/aromatic N) is 2. The van der Waals surface area contributed by atoms with Crippen molar-refractivity contribution in [3.63, 3.8) is 0 Å². The van der Waals surface area contributed by atoms with Crippen molar-refractivity contribution in [1.29, 1.82) is 0 Å². The van der Waals surface area contributed by atoms with Gasteiger partial charge in [-0.2, -0.15) is 0 Å². The van der Waals surface area contributed by atoms with Crippen LogP contribution < -0.4 is 10.1 Å². The molecular weight excluding hydrogens is 490 g/mol. The Bertz CT molecular complexity index is 1250. The Morgan fingerprint density at radius 3 is 2.73 bits per heavy atom. The van der Waals surface area contributed by atoms with Crippen molar-refractivity contribution < 1.29 is 19.7 Å². The van der Waals surface area contributed by atoms with Gasteiger partial charge in [0.2, 0.25) is 0 Å². The van der Waals surface area contributed by atoms with Gasteiger partial charge in [-0.3, -0.25) is 15.1 Å². The standard InChI is InChI=1S/C29H34ClN3O4/c1-37-22-8-9-25-23(16-22)27(24(30)17-31-25)26(34)18-32-29(28(35)36)10-5-12-33(13-11-29)21-14-20(15-21)19-6-3-2-4-7-19/h2-4,6-9,16-17,20-21,26,32,34H,5,10-15,18H2,1H3,(H,35,36). The molecule has 3 N–H and O–H groups in total. The van der Waals surface area contributed by atoms with Crippen LogP contribution in [-0.4, -0.2) is 64.4 Å². The van der Waals surface area contributed by atoms with Crippen molar-refractivity contribution in [2.75, 3.05) is 26.7 Å². The molecule has 2 heterocycles. The molecule has 1 saturated heterocycles. The van der Waals surface area contributed by atoms with Crippen molar-refractivity contribution in [2.24, 2.45) is 0 Å². The number of aromatic nitrogens is 1. The van der Waals surface area contributed by atoms with Crippen LogP contribution in [0.1, 0.15) is 55.3 Å². The predicted octanol–water partition coefficient (Wildman–Crippen LogP) is 4.78. The zero-order valence-electron chi connectivity index (χ0n) is 21.1. The summed E-state index contributed by atoms with van der Waals surface area (Å²) in [6.07, 6.45) is 4.55. The van der Waals surface area contributed by atoms with Gasteiger partial charge in [0.05, 0.1) is 23.8 Å². The maximum Gasteiger partial charge on any atom is 0.323 e. The van der Waals surface area contributed by atoms with E-state index in [0.29, 0.717) is 52.0 Å². The monoisotopic (exact) mass is 523 g/mol. The first-order chi connectivity index (χ1) is 17.9. The van der Waals surface area contributed by atoms with E-state index in [1.54, 1.807) is 19.2 Å². The molecule has 2 unspecified atom stereocenters. The second-order valence-corrected chi connectivity index (χ2v) is 10.7. The van der Waals surface area contributed by atoms with Crippen LogP contribution in [-0.2, 0) is 4.79 Å². The number of carbonyl (C=O) groups is 1. The number of aliphatic carboxylic acids is 1. The maximum atomic E-state index is 12.5. The van der Waals surface area contributed by atoms with E-state index >= 15 is 0 Å². The fourth-order valence-corrected chi connectivity index (χ4v) is 6.17. The van der Waals surface area contributed by atoms with Gasteiger partial charge in [0, 0.05) is 36.3 Å². The number of hydrogen-bond acceptors (Lipinski definition) is 6. The van der Waals surface area contributed by atoms with Gasteiger partial charge < -0.3 is 19.8 Å². The van der Waals surface area contributed by atoms with Gasteiger partial charge >= 0.3 is 5.97 Å². The summed E-state index contributed by atoms with van der Waals surface area (Å²) < 4.78 is 5.34. The Kier molecular flexibility index (Phi) is 7.67. The molecule has 3 aromatic rings. The molecule has 8 heteroatoms. The molecule has 2 aliphatic rings. The van der Waals surface area contributed by atoms with Crippen LogP contribution in [0.25, 0.3) is 10.9 Å². The normalized spacial score (nSPS) is 25.3. The molecule has 1 saturated carbocycles. The summed E-state index contributed by atoms with van der Waals surface area (Å²) in [5, 5.41) is 25.7. The molecule has 0 radical (unpaired) electrons. The lowest BCUT2D eigenvalue weighted by atomic mass is 9.75. The highest BCUT2D eigenvalue weighted by Gasteiger charge is 2.43. The van der Waals surface area contributed by atoms with Crippen LogP contribution in [0.5, 0.6) is 5.75 Å². The van der Waals surface area contributed by atoms with Gasteiger partial charge in [-0.25, -0.2) is 0 Å². The lowest BCUT2D eigenvalue weighted by Crippen LogP contribution is -2.54. The second-order valence-electron chi connectivity index (χ2n) is 10.3. The lowest BCUT2D eigenvalue weighted by Gasteiger charge is -2.43. The average molecular weight is 524 g/mol. The Labute approximate surface area is 222 Å². The van der Waals surface area contributed by atoms with Crippen molar-refractivity contribution in [2.45, 2.75) is 55.7 Å². The minimum Gasteiger partial charge on any atom is -0.497 e. The summed E-state index contributed by atoms with van der Waals surface area (Å²) in [6.45, 7) is 1.69. The Hall–Kier alpha value is -2.71. The molecule has 2 aromatic carbocycles. The topological polar surface area (TPSA) is 94.9 Å². The molecule has 1 aromatic heterocycles. The third kappa shape index (κ3) is 5.32. The van der Waals surface area contributed by atoms with Crippen molar-refractivity contribution in [3.8, 4) is 5.75 Å². The fraction of sp³-hybridized carbons (Fsp3) is 0.448. The van der Waals surface area contributed by atoms with Crippen LogP contribution >= 0.6 is 11.6 Å². The molecule has 0 bridgehead atoms. The number of pyridine rings is 1. The van der Waals surface area contributed by atoms with Crippen LogP contribution in [0.2, 0.25) is 5.02 Å². The number of likely N-dealkylation sites (tertiary alicyclic amines) is 1. The highest BCUT2D eigenvalue weighted by atomic mass is 35.5. The Morgan fingerprint density at radius 1 is 1.22 bits per heavy atom. The number of carboxylic acids is 1. The molecule has 2 fully saturated rings. The van der Waals surface area contributed by atoms with Gasteiger partial charge in [0.15, 0.2) is 0 Å². The van der Waals surface area contributed by atoms with E-state index in [0.717, 1.165) is 32.4 Å². The van der Waals surface area contributed by atoms with Gasteiger partial charge in [-0.1, -0.05) is 41.9 Å². The summed E-state index contributed by atoms with van der Waals surface area (Å²) in [4.78, 5) is 19.3. The van der Waals surface area contributed by atoms with E-state index in [1.807, 2.05) is 12.1 Å². The number of β-amino-alcohol motifs (C(OH)–C–C–N with tert-alkyl or cyclic N) is 1. The first kappa shape index (κ1) is 25.9. The van der Waals surface area contributed by atoms with E-state index in [9.17, 15) is 15.0 Å². The molecular formula is C29H34ClN3O4. The minimum absolute atomic E-state index is 0.0713. The number of nitrogens with one attached hydrogen (secondary N) is 1. The molecule has 5 rings (SSSR count). The van der Waals surface area contributed by atoms with Crippen LogP contribution in [0.15, 0.2) is 54.7 Å². The number of carboxylic acid groups (broad SMARTS) is 1. The number of benzene rings is 2. The van der Waals surface area contributed by atoms with Gasteiger partial charge in [-0.15, -0.1) is 0 Å². The number of ether oxygens (including phenoxy) is 1. The second kappa shape index (κ2) is 11.0. The third-order valence-electron chi connectivity index (χ3n) is 8.22. The first-order valence-electron chi connectivity index (χ1n) is 13.0. The maximum absolute atomic E-state index is 12.5. The summed E-state index contributed by atoms with van der Waals surface area (Å²) in [5.74, 6) is 0.351. The fourth-order valence-electron chi connectivity index (χ4n) is 5.90. The summed E-state index contributed by atoms with van der Waals surface area (Å²) in [5.41, 5.74) is 1.51.